The lowest BCUT2D eigenvalue weighted by Crippen LogP contribution is -2.09. The molecule has 0 aromatic heterocycles. The minimum atomic E-state index is -1.56. The highest BCUT2D eigenvalue weighted by Crippen LogP contribution is 2.03. The van der Waals surface area contributed by atoms with Gasteiger partial charge in [0.05, 0.1) is 12.7 Å². The molecule has 0 aliphatic carbocycles. The molecule has 0 heterocycles. The summed E-state index contributed by atoms with van der Waals surface area (Å²) >= 11 is -1.56. The normalized spacial score (nSPS) is 13.4. The smallest absolute Gasteiger partial charge is 0.268 e. The van der Waals surface area contributed by atoms with Crippen LogP contribution in [0.2, 0.25) is 0 Å². The fourth-order valence-corrected chi connectivity index (χ4v) is 1.64. The predicted octanol–water partition coefficient (Wildman–Crippen LogP) is 2.98. The second-order valence-electron chi connectivity index (χ2n) is 3.59. The van der Waals surface area contributed by atoms with Crippen molar-refractivity contribution >= 4 is 11.4 Å². The Balaban J connectivity index is 3.15. The van der Waals surface area contributed by atoms with Gasteiger partial charge in [0.1, 0.15) is 0 Å². The van der Waals surface area contributed by atoms with Crippen LogP contribution in [-0.2, 0) is 19.7 Å². The molecule has 0 aliphatic rings. The van der Waals surface area contributed by atoms with E-state index < -0.39 is 11.4 Å². The minimum absolute atomic E-state index is 0.0454. The molecule has 0 bridgehead atoms. The van der Waals surface area contributed by atoms with E-state index in [1.54, 1.807) is 0 Å². The molecule has 1 unspecified atom stereocenters. The second kappa shape index (κ2) is 9.62. The van der Waals surface area contributed by atoms with Crippen LogP contribution >= 0.6 is 0 Å². The molecule has 0 N–H and O–H groups in total. The Bertz CT molecular complexity index is 148. The van der Waals surface area contributed by atoms with E-state index in [2.05, 4.69) is 6.92 Å². The zero-order valence-corrected chi connectivity index (χ0v) is 10.3. The Morgan fingerprint density at radius 1 is 1.14 bits per heavy atom. The van der Waals surface area contributed by atoms with Crippen LogP contribution < -0.4 is 0 Å². The summed E-state index contributed by atoms with van der Waals surface area (Å²) in [5.74, 6) is 0. The molecule has 4 heteroatoms. The Morgan fingerprint density at radius 2 is 1.79 bits per heavy atom. The molecule has 86 valence electrons. The molecule has 0 fully saturated rings. The number of hydrogen-bond acceptors (Lipinski definition) is 3. The first-order valence-electron chi connectivity index (χ1n) is 5.39. The van der Waals surface area contributed by atoms with Gasteiger partial charge in [0.25, 0.3) is 0 Å². The lowest BCUT2D eigenvalue weighted by molar-refractivity contribution is 0.205. The summed E-state index contributed by atoms with van der Waals surface area (Å²) in [5.41, 5.74) is 0. The zero-order valence-electron chi connectivity index (χ0n) is 9.45. The van der Waals surface area contributed by atoms with Crippen LogP contribution in [0.15, 0.2) is 0 Å². The highest BCUT2D eigenvalue weighted by Gasteiger charge is 2.03. The molecule has 0 spiro atoms. The number of rotatable bonds is 9. The Morgan fingerprint density at radius 3 is 2.36 bits per heavy atom. The van der Waals surface area contributed by atoms with Crippen molar-refractivity contribution in [1.82, 2.24) is 0 Å². The van der Waals surface area contributed by atoms with Gasteiger partial charge in [0.2, 0.25) is 0 Å². The number of unbranched alkanes of at least 4 members (excludes halogenated alkanes) is 4. The van der Waals surface area contributed by atoms with Gasteiger partial charge in [-0.1, -0.05) is 32.6 Å². The van der Waals surface area contributed by atoms with Gasteiger partial charge in [-0.3, -0.25) is 8.37 Å². The Hall–Kier alpha value is 0.0700. The van der Waals surface area contributed by atoms with Crippen LogP contribution in [0, 0.1) is 0 Å². The summed E-state index contributed by atoms with van der Waals surface area (Å²) in [6.45, 7) is 6.39. The van der Waals surface area contributed by atoms with Crippen LogP contribution in [0.5, 0.6) is 0 Å². The van der Waals surface area contributed by atoms with Gasteiger partial charge < -0.3 is 0 Å². The van der Waals surface area contributed by atoms with Gasteiger partial charge >= 0.3 is 11.4 Å². The maximum Gasteiger partial charge on any atom is 0.304 e. The van der Waals surface area contributed by atoms with E-state index in [4.69, 9.17) is 8.37 Å². The first-order chi connectivity index (χ1) is 6.66. The summed E-state index contributed by atoms with van der Waals surface area (Å²) in [5, 5.41) is 0. The molecule has 3 nitrogen and oxygen atoms in total. The molecule has 1 atom stereocenters. The van der Waals surface area contributed by atoms with Gasteiger partial charge in [0, 0.05) is 0 Å². The SMILES string of the molecule is CCCCCCCOS(=O)OC(C)C. The van der Waals surface area contributed by atoms with Crippen LogP contribution in [-0.4, -0.2) is 16.9 Å². The van der Waals surface area contributed by atoms with Crippen molar-refractivity contribution in [1.29, 1.82) is 0 Å². The third kappa shape index (κ3) is 10.2. The van der Waals surface area contributed by atoms with E-state index in [9.17, 15) is 4.21 Å². The van der Waals surface area contributed by atoms with Crippen molar-refractivity contribution in [3.63, 3.8) is 0 Å². The van der Waals surface area contributed by atoms with Crippen molar-refractivity contribution < 1.29 is 12.6 Å². The van der Waals surface area contributed by atoms with E-state index in [1.807, 2.05) is 13.8 Å². The fraction of sp³-hybridized carbons (Fsp3) is 1.00. The van der Waals surface area contributed by atoms with Gasteiger partial charge in [-0.25, -0.2) is 0 Å². The van der Waals surface area contributed by atoms with Crippen molar-refractivity contribution in [3.8, 4) is 0 Å². The molecule has 0 saturated heterocycles. The molecule has 0 amide bonds. The highest BCUT2D eigenvalue weighted by molar-refractivity contribution is 7.75. The van der Waals surface area contributed by atoms with E-state index in [0.717, 1.165) is 12.8 Å². The first kappa shape index (κ1) is 14.1. The molecule has 0 saturated carbocycles. The van der Waals surface area contributed by atoms with Crippen LogP contribution in [0.3, 0.4) is 0 Å². The third-order valence-electron chi connectivity index (χ3n) is 1.70. The van der Waals surface area contributed by atoms with E-state index >= 15 is 0 Å². The maximum absolute atomic E-state index is 11.0. The Labute approximate surface area is 90.0 Å². The molecular formula is C10H22O3S. The molecule has 0 radical (unpaired) electrons. The van der Waals surface area contributed by atoms with Crippen LogP contribution in [0.4, 0.5) is 0 Å². The van der Waals surface area contributed by atoms with Crippen molar-refractivity contribution in [2.45, 2.75) is 59.0 Å². The van der Waals surface area contributed by atoms with Gasteiger partial charge in [-0.05, 0) is 20.3 Å². The third-order valence-corrected chi connectivity index (χ3v) is 2.60. The quantitative estimate of drug-likeness (QED) is 0.563. The lowest BCUT2D eigenvalue weighted by atomic mass is 10.2. The summed E-state index contributed by atoms with van der Waals surface area (Å²) in [4.78, 5) is 0. The summed E-state index contributed by atoms with van der Waals surface area (Å²) in [7, 11) is 0. The average molecular weight is 222 g/mol. The van der Waals surface area contributed by atoms with Crippen molar-refractivity contribution in [2.24, 2.45) is 0 Å². The summed E-state index contributed by atoms with van der Waals surface area (Å²) in [6.07, 6.45) is 5.81. The fourth-order valence-electron chi connectivity index (χ4n) is 1.02. The average Bonchev–Trinajstić information content (AvgIpc) is 2.10. The lowest BCUT2D eigenvalue weighted by Gasteiger charge is -2.05. The molecule has 0 aliphatic heterocycles. The summed E-state index contributed by atoms with van der Waals surface area (Å²) in [6, 6.07) is 0. The first-order valence-corrected chi connectivity index (χ1v) is 6.39. The van der Waals surface area contributed by atoms with Gasteiger partial charge in [-0.2, -0.15) is 4.21 Å². The molecule has 0 aromatic carbocycles. The Kier molecular flexibility index (Phi) is 9.67. The highest BCUT2D eigenvalue weighted by atomic mass is 32.2. The van der Waals surface area contributed by atoms with E-state index in [1.165, 1.54) is 19.3 Å². The minimum Gasteiger partial charge on any atom is -0.268 e. The monoisotopic (exact) mass is 222 g/mol. The number of hydrogen-bond donors (Lipinski definition) is 0. The van der Waals surface area contributed by atoms with E-state index in [-0.39, 0.29) is 6.10 Å². The van der Waals surface area contributed by atoms with Crippen LogP contribution in [0.1, 0.15) is 52.9 Å². The summed E-state index contributed by atoms with van der Waals surface area (Å²) < 4.78 is 20.9. The predicted molar refractivity (Wildman–Crippen MR) is 59.1 cm³/mol. The van der Waals surface area contributed by atoms with E-state index in [0.29, 0.717) is 6.61 Å². The van der Waals surface area contributed by atoms with Gasteiger partial charge in [-0.15, -0.1) is 0 Å². The zero-order chi connectivity index (χ0) is 10.8. The largest absolute Gasteiger partial charge is 0.304 e. The van der Waals surface area contributed by atoms with Crippen molar-refractivity contribution in [3.05, 3.63) is 0 Å². The topological polar surface area (TPSA) is 35.5 Å². The molecule has 0 rings (SSSR count). The standard InChI is InChI=1S/C10H22O3S/c1-4-5-6-7-8-9-12-14(11)13-10(2)3/h10H,4-9H2,1-3H3. The van der Waals surface area contributed by atoms with Crippen LogP contribution in [0.25, 0.3) is 0 Å². The van der Waals surface area contributed by atoms with Crippen molar-refractivity contribution in [2.75, 3.05) is 6.61 Å². The molecular weight excluding hydrogens is 200 g/mol. The molecule has 14 heavy (non-hydrogen) atoms. The second-order valence-corrected chi connectivity index (χ2v) is 4.42. The van der Waals surface area contributed by atoms with Gasteiger partial charge in [0.15, 0.2) is 0 Å². The molecule has 0 aromatic rings. The maximum atomic E-state index is 11.0.